The van der Waals surface area contributed by atoms with E-state index in [1.165, 1.54) is 4.90 Å². The van der Waals surface area contributed by atoms with Crippen LogP contribution in [0.25, 0.3) is 0 Å². The van der Waals surface area contributed by atoms with Crippen LogP contribution in [0, 0.1) is 0 Å². The van der Waals surface area contributed by atoms with Crippen molar-refractivity contribution in [2.75, 3.05) is 13.1 Å². The molecule has 0 radical (unpaired) electrons. The summed E-state index contributed by atoms with van der Waals surface area (Å²) in [7, 11) is 0. The van der Waals surface area contributed by atoms with Crippen molar-refractivity contribution in [2.45, 2.75) is 37.8 Å². The van der Waals surface area contributed by atoms with Crippen molar-refractivity contribution in [3.8, 4) is 0 Å². The van der Waals surface area contributed by atoms with Crippen LogP contribution in [-0.4, -0.2) is 52.1 Å². The van der Waals surface area contributed by atoms with E-state index in [2.05, 4.69) is 6.58 Å². The lowest BCUT2D eigenvalue weighted by Crippen LogP contribution is -2.48. The topological polar surface area (TPSA) is 60.9 Å². The number of aliphatic carboxylic acids is 1. The predicted molar refractivity (Wildman–Crippen MR) is 62.7 cm³/mol. The monoisotopic (exact) mass is 238 g/mol. The number of amides is 2. The Morgan fingerprint density at radius 1 is 1.41 bits per heavy atom. The van der Waals surface area contributed by atoms with E-state index < -0.39 is 12.0 Å². The van der Waals surface area contributed by atoms with E-state index in [1.54, 1.807) is 11.0 Å². The Morgan fingerprint density at radius 3 is 2.65 bits per heavy atom. The number of hydrogen-bond donors (Lipinski definition) is 1. The summed E-state index contributed by atoms with van der Waals surface area (Å²) in [6, 6.07) is -0.499. The molecule has 1 aliphatic heterocycles. The van der Waals surface area contributed by atoms with Gasteiger partial charge < -0.3 is 14.9 Å². The molecule has 94 valence electrons. The number of nitrogens with zero attached hydrogens (tertiary/aromatic N) is 2. The third kappa shape index (κ3) is 2.43. The van der Waals surface area contributed by atoms with E-state index in [9.17, 15) is 9.59 Å². The standard InChI is InChI=1S/C12H18N2O3/c1-2-7-13(9-5-6-9)12(17)14-8-3-4-10(14)11(15)16/h2,9-10H,1,3-8H2,(H,15,16). The molecule has 0 bridgehead atoms. The molecule has 1 saturated heterocycles. The molecule has 1 heterocycles. The summed E-state index contributed by atoms with van der Waals surface area (Å²) in [5.74, 6) is -0.898. The maximum Gasteiger partial charge on any atom is 0.326 e. The first-order valence-corrected chi connectivity index (χ1v) is 6.06. The third-order valence-electron chi connectivity index (χ3n) is 3.34. The molecule has 17 heavy (non-hydrogen) atoms. The molecule has 1 atom stereocenters. The molecular formula is C12H18N2O3. The molecule has 1 saturated carbocycles. The first-order valence-electron chi connectivity index (χ1n) is 6.06. The number of carboxylic acid groups (broad SMARTS) is 1. The van der Waals surface area contributed by atoms with E-state index in [0.717, 1.165) is 19.3 Å². The lowest BCUT2D eigenvalue weighted by Gasteiger charge is -2.29. The van der Waals surface area contributed by atoms with Gasteiger partial charge in [-0.05, 0) is 25.7 Å². The molecule has 0 aromatic rings. The number of urea groups is 1. The van der Waals surface area contributed by atoms with E-state index in [0.29, 0.717) is 19.5 Å². The van der Waals surface area contributed by atoms with Gasteiger partial charge in [-0.1, -0.05) is 6.08 Å². The van der Waals surface area contributed by atoms with Crippen LogP contribution in [-0.2, 0) is 4.79 Å². The van der Waals surface area contributed by atoms with Gasteiger partial charge in [-0.3, -0.25) is 0 Å². The first-order chi connectivity index (χ1) is 8.15. The molecule has 2 aliphatic rings. The minimum atomic E-state index is -0.898. The van der Waals surface area contributed by atoms with Gasteiger partial charge in [0.1, 0.15) is 6.04 Å². The molecule has 5 nitrogen and oxygen atoms in total. The normalized spacial score (nSPS) is 23.5. The third-order valence-corrected chi connectivity index (χ3v) is 3.34. The van der Waals surface area contributed by atoms with Crippen molar-refractivity contribution in [3.63, 3.8) is 0 Å². The molecule has 2 amide bonds. The predicted octanol–water partition coefficient (Wildman–Crippen LogP) is 1.31. The summed E-state index contributed by atoms with van der Waals surface area (Å²) in [5.41, 5.74) is 0. The second-order valence-corrected chi connectivity index (χ2v) is 4.64. The van der Waals surface area contributed by atoms with E-state index in [4.69, 9.17) is 5.11 Å². The molecule has 2 rings (SSSR count). The quantitative estimate of drug-likeness (QED) is 0.751. The van der Waals surface area contributed by atoms with Crippen molar-refractivity contribution in [1.29, 1.82) is 0 Å². The fourth-order valence-corrected chi connectivity index (χ4v) is 2.33. The Balaban J connectivity index is 2.06. The summed E-state index contributed by atoms with van der Waals surface area (Å²) in [5, 5.41) is 9.07. The minimum absolute atomic E-state index is 0.141. The van der Waals surface area contributed by atoms with Crippen LogP contribution in [0.4, 0.5) is 4.79 Å². The van der Waals surface area contributed by atoms with Crippen LogP contribution in [0.3, 0.4) is 0 Å². The Labute approximate surface area is 101 Å². The fraction of sp³-hybridized carbons (Fsp3) is 0.667. The van der Waals surface area contributed by atoms with Gasteiger partial charge in [0, 0.05) is 19.1 Å². The summed E-state index contributed by atoms with van der Waals surface area (Å²) in [6.45, 7) is 4.70. The number of hydrogen-bond acceptors (Lipinski definition) is 2. The molecule has 1 aliphatic carbocycles. The van der Waals surface area contributed by atoms with Gasteiger partial charge in [0.05, 0.1) is 0 Å². The van der Waals surface area contributed by atoms with Gasteiger partial charge in [-0.25, -0.2) is 9.59 Å². The smallest absolute Gasteiger partial charge is 0.326 e. The van der Waals surface area contributed by atoms with Crippen molar-refractivity contribution in [2.24, 2.45) is 0 Å². The van der Waals surface area contributed by atoms with E-state index in [-0.39, 0.29) is 12.1 Å². The maximum atomic E-state index is 12.3. The highest BCUT2D eigenvalue weighted by atomic mass is 16.4. The largest absolute Gasteiger partial charge is 0.480 e. The molecule has 0 aromatic carbocycles. The number of carboxylic acids is 1. The van der Waals surface area contributed by atoms with Crippen molar-refractivity contribution in [1.82, 2.24) is 9.80 Å². The van der Waals surface area contributed by atoms with Crippen LogP contribution < -0.4 is 0 Å². The van der Waals surface area contributed by atoms with Gasteiger partial charge in [0.15, 0.2) is 0 Å². The van der Waals surface area contributed by atoms with Gasteiger partial charge in [0.25, 0.3) is 0 Å². The highest BCUT2D eigenvalue weighted by Crippen LogP contribution is 2.29. The molecule has 0 aromatic heterocycles. The maximum absolute atomic E-state index is 12.3. The zero-order chi connectivity index (χ0) is 12.4. The van der Waals surface area contributed by atoms with Crippen LogP contribution in [0.5, 0.6) is 0 Å². The number of likely N-dealkylation sites (tertiary alicyclic amines) is 1. The van der Waals surface area contributed by atoms with Crippen LogP contribution in [0.1, 0.15) is 25.7 Å². The Morgan fingerprint density at radius 2 is 2.12 bits per heavy atom. The zero-order valence-electron chi connectivity index (χ0n) is 9.84. The molecular weight excluding hydrogens is 220 g/mol. The molecule has 0 spiro atoms. The van der Waals surface area contributed by atoms with Crippen LogP contribution in [0.2, 0.25) is 0 Å². The molecule has 2 fully saturated rings. The highest BCUT2D eigenvalue weighted by molar-refractivity contribution is 5.83. The van der Waals surface area contributed by atoms with Crippen LogP contribution in [0.15, 0.2) is 12.7 Å². The van der Waals surface area contributed by atoms with Gasteiger partial charge in [0.2, 0.25) is 0 Å². The zero-order valence-corrected chi connectivity index (χ0v) is 9.84. The van der Waals surface area contributed by atoms with Crippen LogP contribution >= 0.6 is 0 Å². The van der Waals surface area contributed by atoms with Gasteiger partial charge >= 0.3 is 12.0 Å². The first kappa shape index (κ1) is 12.0. The average molecular weight is 238 g/mol. The Kier molecular flexibility index (Phi) is 3.36. The van der Waals surface area contributed by atoms with E-state index >= 15 is 0 Å². The minimum Gasteiger partial charge on any atom is -0.480 e. The summed E-state index contributed by atoms with van der Waals surface area (Å²) < 4.78 is 0. The number of rotatable bonds is 4. The summed E-state index contributed by atoms with van der Waals surface area (Å²) >= 11 is 0. The number of carbonyl (C=O) groups is 2. The summed E-state index contributed by atoms with van der Waals surface area (Å²) in [4.78, 5) is 26.6. The lowest BCUT2D eigenvalue weighted by molar-refractivity contribution is -0.141. The van der Waals surface area contributed by atoms with Crippen molar-refractivity contribution in [3.05, 3.63) is 12.7 Å². The summed E-state index contributed by atoms with van der Waals surface area (Å²) in [6.07, 6.45) is 5.07. The fourth-order valence-electron chi connectivity index (χ4n) is 2.33. The lowest BCUT2D eigenvalue weighted by atomic mass is 10.2. The molecule has 5 heteroatoms. The molecule has 1 unspecified atom stereocenters. The Bertz CT molecular complexity index is 339. The second kappa shape index (κ2) is 4.77. The van der Waals surface area contributed by atoms with E-state index in [1.807, 2.05) is 0 Å². The van der Waals surface area contributed by atoms with Gasteiger partial charge in [-0.2, -0.15) is 0 Å². The number of carbonyl (C=O) groups excluding carboxylic acids is 1. The second-order valence-electron chi connectivity index (χ2n) is 4.64. The Hall–Kier alpha value is -1.52. The SMILES string of the molecule is C=CCN(C(=O)N1CCCC1C(=O)O)C1CC1. The van der Waals surface area contributed by atoms with Crippen molar-refractivity contribution < 1.29 is 14.7 Å². The molecule has 1 N–H and O–H groups in total. The van der Waals surface area contributed by atoms with Crippen molar-refractivity contribution >= 4 is 12.0 Å². The highest BCUT2D eigenvalue weighted by Gasteiger charge is 2.40. The average Bonchev–Trinajstić information content (AvgIpc) is 3.00. The van der Waals surface area contributed by atoms with Gasteiger partial charge in [-0.15, -0.1) is 6.58 Å².